The molecule has 1 rings (SSSR count). The first-order chi connectivity index (χ1) is 7.69. The lowest BCUT2D eigenvalue weighted by Gasteiger charge is -2.05. The number of carbonyl (C=O) groups excluding carboxylic acids is 1. The molecule has 0 radical (unpaired) electrons. The highest BCUT2D eigenvalue weighted by Crippen LogP contribution is 2.18. The Balaban J connectivity index is 2.68. The van der Waals surface area contributed by atoms with Crippen molar-refractivity contribution < 1.29 is 18.7 Å². The number of methoxy groups -OCH3 is 1. The molecule has 0 unspecified atom stereocenters. The van der Waals surface area contributed by atoms with Crippen LogP contribution in [0.2, 0.25) is 0 Å². The third-order valence-corrected chi connectivity index (χ3v) is 2.05. The standard InChI is InChI=1S/C12H15FO3/c1-3-6-16-8-11(14)9-4-5-10(13)12(7-9)15-2/h4-5,7H,3,6,8H2,1-2H3. The normalized spacial score (nSPS) is 10.2. The van der Waals surface area contributed by atoms with Gasteiger partial charge in [-0.15, -0.1) is 0 Å². The summed E-state index contributed by atoms with van der Waals surface area (Å²) in [7, 11) is 1.36. The van der Waals surface area contributed by atoms with Crippen molar-refractivity contribution in [1.82, 2.24) is 0 Å². The number of ketones is 1. The van der Waals surface area contributed by atoms with Gasteiger partial charge in [0, 0.05) is 12.2 Å². The van der Waals surface area contributed by atoms with Crippen molar-refractivity contribution in [3.05, 3.63) is 29.6 Å². The van der Waals surface area contributed by atoms with Gasteiger partial charge in [0.1, 0.15) is 6.61 Å². The average Bonchev–Trinajstić information content (AvgIpc) is 2.30. The summed E-state index contributed by atoms with van der Waals surface area (Å²) < 4.78 is 23.0. The van der Waals surface area contributed by atoms with Crippen LogP contribution >= 0.6 is 0 Å². The van der Waals surface area contributed by atoms with Crippen LogP contribution in [0.4, 0.5) is 4.39 Å². The fourth-order valence-electron chi connectivity index (χ4n) is 1.23. The zero-order valence-electron chi connectivity index (χ0n) is 9.46. The molecule has 88 valence electrons. The van der Waals surface area contributed by atoms with Crippen LogP contribution in [-0.2, 0) is 4.74 Å². The molecular weight excluding hydrogens is 211 g/mol. The zero-order valence-corrected chi connectivity index (χ0v) is 9.46. The van der Waals surface area contributed by atoms with E-state index >= 15 is 0 Å². The van der Waals surface area contributed by atoms with E-state index in [1.54, 1.807) is 0 Å². The van der Waals surface area contributed by atoms with Gasteiger partial charge in [-0.25, -0.2) is 4.39 Å². The topological polar surface area (TPSA) is 35.5 Å². The summed E-state index contributed by atoms with van der Waals surface area (Å²) in [4.78, 5) is 11.6. The molecule has 0 aliphatic heterocycles. The molecule has 1 aromatic rings. The van der Waals surface area contributed by atoms with Crippen LogP contribution in [0, 0.1) is 5.82 Å². The Hall–Kier alpha value is -1.42. The van der Waals surface area contributed by atoms with Gasteiger partial charge in [-0.05, 0) is 24.6 Å². The molecule has 0 aliphatic carbocycles. The van der Waals surface area contributed by atoms with E-state index in [0.717, 1.165) is 6.42 Å². The highest BCUT2D eigenvalue weighted by molar-refractivity contribution is 5.97. The second-order valence-electron chi connectivity index (χ2n) is 3.33. The molecule has 0 aliphatic rings. The monoisotopic (exact) mass is 226 g/mol. The average molecular weight is 226 g/mol. The summed E-state index contributed by atoms with van der Waals surface area (Å²) >= 11 is 0. The maximum atomic E-state index is 13.1. The number of carbonyl (C=O) groups is 1. The fourth-order valence-corrected chi connectivity index (χ4v) is 1.23. The van der Waals surface area contributed by atoms with E-state index in [1.165, 1.54) is 25.3 Å². The summed E-state index contributed by atoms with van der Waals surface area (Å²) in [6.07, 6.45) is 0.861. The van der Waals surface area contributed by atoms with E-state index < -0.39 is 5.82 Å². The van der Waals surface area contributed by atoms with Crippen LogP contribution in [0.15, 0.2) is 18.2 Å². The van der Waals surface area contributed by atoms with Gasteiger partial charge in [0.05, 0.1) is 7.11 Å². The number of hydrogen-bond donors (Lipinski definition) is 0. The van der Waals surface area contributed by atoms with Crippen molar-refractivity contribution in [2.45, 2.75) is 13.3 Å². The van der Waals surface area contributed by atoms with Gasteiger partial charge >= 0.3 is 0 Å². The van der Waals surface area contributed by atoms with Crippen molar-refractivity contribution in [2.75, 3.05) is 20.3 Å². The van der Waals surface area contributed by atoms with Gasteiger partial charge in [-0.1, -0.05) is 6.92 Å². The number of halogens is 1. The molecule has 1 aromatic carbocycles. The number of ether oxygens (including phenoxy) is 2. The molecule has 0 amide bonds. The highest BCUT2D eigenvalue weighted by atomic mass is 19.1. The van der Waals surface area contributed by atoms with Crippen LogP contribution in [0.1, 0.15) is 23.7 Å². The summed E-state index contributed by atoms with van der Waals surface area (Å²) in [5, 5.41) is 0. The minimum atomic E-state index is -0.478. The molecule has 16 heavy (non-hydrogen) atoms. The maximum Gasteiger partial charge on any atom is 0.188 e. The molecule has 3 nitrogen and oxygen atoms in total. The second-order valence-corrected chi connectivity index (χ2v) is 3.33. The minimum Gasteiger partial charge on any atom is -0.494 e. The molecule has 4 heteroatoms. The van der Waals surface area contributed by atoms with Gasteiger partial charge < -0.3 is 9.47 Å². The molecule has 0 spiro atoms. The predicted octanol–water partition coefficient (Wildman–Crippen LogP) is 2.44. The molecular formula is C12H15FO3. The molecule has 0 aromatic heterocycles. The number of Topliss-reactive ketones (excluding diaryl/α,β-unsaturated/α-hetero) is 1. The Morgan fingerprint density at radius 1 is 1.44 bits per heavy atom. The van der Waals surface area contributed by atoms with Crippen LogP contribution in [0.5, 0.6) is 5.75 Å². The van der Waals surface area contributed by atoms with Crippen LogP contribution < -0.4 is 4.74 Å². The highest BCUT2D eigenvalue weighted by Gasteiger charge is 2.09. The molecule has 0 saturated carbocycles. The molecule has 0 heterocycles. The molecule has 0 bridgehead atoms. The Labute approximate surface area is 94.2 Å². The van der Waals surface area contributed by atoms with Crippen LogP contribution in [0.25, 0.3) is 0 Å². The fraction of sp³-hybridized carbons (Fsp3) is 0.417. The molecule has 0 N–H and O–H groups in total. The van der Waals surface area contributed by atoms with E-state index in [-0.39, 0.29) is 18.1 Å². The minimum absolute atomic E-state index is 0.0165. The lowest BCUT2D eigenvalue weighted by molar-refractivity contribution is 0.0761. The number of rotatable bonds is 6. The van der Waals surface area contributed by atoms with E-state index in [1.807, 2.05) is 6.92 Å². The van der Waals surface area contributed by atoms with E-state index in [0.29, 0.717) is 12.2 Å². The largest absolute Gasteiger partial charge is 0.494 e. The Bertz CT molecular complexity index is 363. The van der Waals surface area contributed by atoms with Crippen molar-refractivity contribution in [1.29, 1.82) is 0 Å². The van der Waals surface area contributed by atoms with E-state index in [9.17, 15) is 9.18 Å². The first kappa shape index (κ1) is 12.6. The van der Waals surface area contributed by atoms with Gasteiger partial charge in [0.15, 0.2) is 17.3 Å². The first-order valence-electron chi connectivity index (χ1n) is 5.13. The predicted molar refractivity (Wildman–Crippen MR) is 58.4 cm³/mol. The van der Waals surface area contributed by atoms with Crippen molar-refractivity contribution in [3.8, 4) is 5.75 Å². The van der Waals surface area contributed by atoms with E-state index in [2.05, 4.69) is 0 Å². The summed E-state index contributed by atoms with van der Waals surface area (Å²) in [6.45, 7) is 2.53. The third-order valence-electron chi connectivity index (χ3n) is 2.05. The molecule has 0 fully saturated rings. The molecule has 0 saturated heterocycles. The summed E-state index contributed by atoms with van der Waals surface area (Å²) in [6, 6.07) is 4.02. The summed E-state index contributed by atoms with van der Waals surface area (Å²) in [5.74, 6) is -0.582. The second kappa shape index (κ2) is 6.23. The third kappa shape index (κ3) is 3.31. The Morgan fingerprint density at radius 2 is 2.19 bits per heavy atom. The van der Waals surface area contributed by atoms with Gasteiger partial charge in [0.2, 0.25) is 0 Å². The van der Waals surface area contributed by atoms with Crippen molar-refractivity contribution in [3.63, 3.8) is 0 Å². The zero-order chi connectivity index (χ0) is 12.0. The maximum absolute atomic E-state index is 13.1. The SMILES string of the molecule is CCCOCC(=O)c1ccc(F)c(OC)c1. The number of benzene rings is 1. The van der Waals surface area contributed by atoms with Crippen molar-refractivity contribution >= 4 is 5.78 Å². The summed E-state index contributed by atoms with van der Waals surface area (Å²) in [5.41, 5.74) is 0.398. The Kier molecular flexibility index (Phi) is 4.92. The number of hydrogen-bond acceptors (Lipinski definition) is 3. The molecule has 0 atom stereocenters. The first-order valence-corrected chi connectivity index (χ1v) is 5.13. The van der Waals surface area contributed by atoms with Crippen LogP contribution in [0.3, 0.4) is 0 Å². The lowest BCUT2D eigenvalue weighted by Crippen LogP contribution is -2.10. The van der Waals surface area contributed by atoms with Crippen molar-refractivity contribution in [2.24, 2.45) is 0 Å². The lowest BCUT2D eigenvalue weighted by atomic mass is 10.1. The van der Waals surface area contributed by atoms with Gasteiger partial charge in [-0.3, -0.25) is 4.79 Å². The Morgan fingerprint density at radius 3 is 2.81 bits per heavy atom. The van der Waals surface area contributed by atoms with E-state index in [4.69, 9.17) is 9.47 Å². The van der Waals surface area contributed by atoms with Crippen LogP contribution in [-0.4, -0.2) is 26.1 Å². The smallest absolute Gasteiger partial charge is 0.188 e. The quantitative estimate of drug-likeness (QED) is 0.552. The van der Waals surface area contributed by atoms with Gasteiger partial charge in [0.25, 0.3) is 0 Å². The van der Waals surface area contributed by atoms with Gasteiger partial charge in [-0.2, -0.15) is 0 Å².